The van der Waals surface area contributed by atoms with Crippen LogP contribution in [0.3, 0.4) is 0 Å². The van der Waals surface area contributed by atoms with E-state index < -0.39 is 0 Å². The quantitative estimate of drug-likeness (QED) is 0.840. The fourth-order valence-corrected chi connectivity index (χ4v) is 2.43. The van der Waals surface area contributed by atoms with Gasteiger partial charge in [-0.05, 0) is 6.92 Å². The highest BCUT2D eigenvalue weighted by molar-refractivity contribution is 7.17. The highest BCUT2D eigenvalue weighted by Gasteiger charge is 2.17. The van der Waals surface area contributed by atoms with Crippen LogP contribution in [0.25, 0.3) is 0 Å². The monoisotopic (exact) mass is 277 g/mol. The fourth-order valence-electron chi connectivity index (χ4n) is 1.56. The molecule has 1 aromatic rings. The smallest absolute Gasteiger partial charge is 0.350 e. The van der Waals surface area contributed by atoms with Gasteiger partial charge in [0.05, 0.1) is 12.8 Å². The maximum Gasteiger partial charge on any atom is 0.350 e. The lowest BCUT2D eigenvalue weighted by atomic mass is 10.4. The van der Waals surface area contributed by atoms with Crippen molar-refractivity contribution in [1.82, 2.24) is 10.3 Å². The molecule has 0 spiro atoms. The second kappa shape index (κ2) is 6.78. The number of rotatable bonds is 3. The van der Waals surface area contributed by atoms with E-state index >= 15 is 0 Å². The second-order valence-electron chi connectivity index (χ2n) is 3.46. The molecule has 0 saturated carbocycles. The molecule has 1 aromatic heterocycles. The zero-order valence-electron chi connectivity index (χ0n) is 9.64. The van der Waals surface area contributed by atoms with Gasteiger partial charge in [-0.25, -0.2) is 9.78 Å². The highest BCUT2D eigenvalue weighted by Crippen LogP contribution is 2.23. The summed E-state index contributed by atoms with van der Waals surface area (Å²) >= 11 is 1.40. The van der Waals surface area contributed by atoms with Crippen LogP contribution in [-0.2, 0) is 4.74 Å². The first-order chi connectivity index (χ1) is 7.81. The molecule has 2 heterocycles. The number of carbonyl (C=O) groups is 1. The molecule has 0 atom stereocenters. The number of hydrogen-bond acceptors (Lipinski definition) is 6. The first-order valence-corrected chi connectivity index (χ1v) is 6.21. The number of esters is 1. The Morgan fingerprint density at radius 1 is 1.59 bits per heavy atom. The third kappa shape index (κ3) is 3.55. The summed E-state index contributed by atoms with van der Waals surface area (Å²) < 4.78 is 4.93. The lowest BCUT2D eigenvalue weighted by Gasteiger charge is -2.26. The van der Waals surface area contributed by atoms with E-state index in [1.165, 1.54) is 11.3 Å². The first kappa shape index (κ1) is 14.2. The number of hydrogen-bond donors (Lipinski definition) is 1. The molecule has 0 amide bonds. The number of nitrogens with zero attached hydrogens (tertiary/aromatic N) is 2. The fraction of sp³-hybridized carbons (Fsp3) is 0.600. The first-order valence-electron chi connectivity index (χ1n) is 5.40. The van der Waals surface area contributed by atoms with Crippen molar-refractivity contribution in [3.05, 3.63) is 11.1 Å². The van der Waals surface area contributed by atoms with E-state index in [4.69, 9.17) is 4.74 Å². The van der Waals surface area contributed by atoms with Crippen molar-refractivity contribution in [3.63, 3.8) is 0 Å². The van der Waals surface area contributed by atoms with E-state index in [-0.39, 0.29) is 18.4 Å². The van der Waals surface area contributed by atoms with Crippen molar-refractivity contribution in [1.29, 1.82) is 0 Å². The number of halogens is 1. The summed E-state index contributed by atoms with van der Waals surface area (Å²) in [5.74, 6) is -0.276. The number of aromatic nitrogens is 1. The van der Waals surface area contributed by atoms with Gasteiger partial charge in [-0.2, -0.15) is 0 Å². The summed E-state index contributed by atoms with van der Waals surface area (Å²) in [6, 6.07) is 0. The van der Waals surface area contributed by atoms with E-state index in [9.17, 15) is 4.79 Å². The summed E-state index contributed by atoms with van der Waals surface area (Å²) in [6.07, 6.45) is 1.60. The predicted molar refractivity (Wildman–Crippen MR) is 70.4 cm³/mol. The van der Waals surface area contributed by atoms with Crippen LogP contribution >= 0.6 is 23.7 Å². The van der Waals surface area contributed by atoms with Crippen molar-refractivity contribution in [3.8, 4) is 0 Å². The van der Waals surface area contributed by atoms with Crippen LogP contribution in [-0.4, -0.2) is 43.7 Å². The number of piperazine rings is 1. The zero-order chi connectivity index (χ0) is 11.4. The van der Waals surface area contributed by atoms with Gasteiger partial charge in [-0.1, -0.05) is 11.3 Å². The molecule has 5 nitrogen and oxygen atoms in total. The standard InChI is InChI=1S/C10H15N3O2S.ClH/c1-2-15-9(14)8-7-12-10(16-8)13-5-3-11-4-6-13;/h7,11H,2-6H2,1H3;1H. The van der Waals surface area contributed by atoms with Crippen LogP contribution in [0, 0.1) is 0 Å². The molecule has 1 aliphatic heterocycles. The molecule has 0 radical (unpaired) electrons. The van der Waals surface area contributed by atoms with E-state index in [2.05, 4.69) is 15.2 Å². The molecule has 1 fully saturated rings. The Labute approximate surface area is 111 Å². The summed E-state index contributed by atoms with van der Waals surface area (Å²) in [5, 5.41) is 4.18. The normalized spacial score (nSPS) is 15.2. The van der Waals surface area contributed by atoms with Crippen molar-refractivity contribution in [2.24, 2.45) is 0 Å². The minimum Gasteiger partial charge on any atom is -0.462 e. The summed E-state index contributed by atoms with van der Waals surface area (Å²) in [6.45, 7) is 6.02. The van der Waals surface area contributed by atoms with E-state index in [0.29, 0.717) is 11.5 Å². The number of carbonyl (C=O) groups excluding carboxylic acids is 1. The Morgan fingerprint density at radius 3 is 2.94 bits per heavy atom. The van der Waals surface area contributed by atoms with Gasteiger partial charge in [-0.3, -0.25) is 0 Å². The maximum atomic E-state index is 11.5. The van der Waals surface area contributed by atoms with Gasteiger partial charge < -0.3 is 15.0 Å². The van der Waals surface area contributed by atoms with Gasteiger partial charge in [0.15, 0.2) is 5.13 Å². The van der Waals surface area contributed by atoms with Crippen molar-refractivity contribution in [2.75, 3.05) is 37.7 Å². The van der Waals surface area contributed by atoms with Crippen LogP contribution in [0.4, 0.5) is 5.13 Å². The van der Waals surface area contributed by atoms with Crippen LogP contribution in [0.15, 0.2) is 6.20 Å². The molecule has 96 valence electrons. The molecule has 1 N–H and O–H groups in total. The molecule has 0 bridgehead atoms. The van der Waals surface area contributed by atoms with Gasteiger partial charge in [0.2, 0.25) is 0 Å². The van der Waals surface area contributed by atoms with E-state index in [0.717, 1.165) is 31.3 Å². The Hall–Kier alpha value is -0.850. The Kier molecular flexibility index (Phi) is 5.67. The van der Waals surface area contributed by atoms with Crippen molar-refractivity contribution in [2.45, 2.75) is 6.92 Å². The molecule has 2 rings (SSSR count). The summed E-state index contributed by atoms with van der Waals surface area (Å²) in [5.41, 5.74) is 0. The van der Waals surface area contributed by atoms with Crippen molar-refractivity contribution < 1.29 is 9.53 Å². The molecule has 1 aliphatic rings. The second-order valence-corrected chi connectivity index (χ2v) is 4.47. The number of anilines is 1. The van der Waals surface area contributed by atoms with Crippen LogP contribution in [0.1, 0.15) is 16.6 Å². The Balaban J connectivity index is 0.00000144. The lowest BCUT2D eigenvalue weighted by molar-refractivity contribution is 0.0532. The SMILES string of the molecule is CCOC(=O)c1cnc(N2CCNCC2)s1.Cl. The number of nitrogens with one attached hydrogen (secondary N) is 1. The average Bonchev–Trinajstić information content (AvgIpc) is 2.80. The zero-order valence-corrected chi connectivity index (χ0v) is 11.3. The summed E-state index contributed by atoms with van der Waals surface area (Å²) in [7, 11) is 0. The molecule has 7 heteroatoms. The topological polar surface area (TPSA) is 54.5 Å². The molecule has 0 aliphatic carbocycles. The molecule has 0 aromatic carbocycles. The number of ether oxygens (including phenoxy) is 1. The minimum atomic E-state index is -0.276. The Morgan fingerprint density at radius 2 is 2.29 bits per heavy atom. The van der Waals surface area contributed by atoms with Gasteiger partial charge in [0.25, 0.3) is 0 Å². The van der Waals surface area contributed by atoms with Crippen LogP contribution in [0.5, 0.6) is 0 Å². The van der Waals surface area contributed by atoms with Crippen molar-refractivity contribution >= 4 is 34.8 Å². The minimum absolute atomic E-state index is 0. The van der Waals surface area contributed by atoms with Gasteiger partial charge in [0, 0.05) is 26.2 Å². The highest BCUT2D eigenvalue weighted by atomic mass is 35.5. The number of thiazole rings is 1. The third-order valence-electron chi connectivity index (χ3n) is 2.36. The van der Waals surface area contributed by atoms with Crippen LogP contribution < -0.4 is 10.2 Å². The Bertz CT molecular complexity index is 366. The van der Waals surface area contributed by atoms with Gasteiger partial charge in [0.1, 0.15) is 4.88 Å². The molecular weight excluding hydrogens is 262 g/mol. The van der Waals surface area contributed by atoms with Crippen LogP contribution in [0.2, 0.25) is 0 Å². The van der Waals surface area contributed by atoms with Gasteiger partial charge in [-0.15, -0.1) is 12.4 Å². The predicted octanol–water partition coefficient (Wildman–Crippen LogP) is 1.15. The molecular formula is C10H16ClN3O2S. The maximum absolute atomic E-state index is 11.5. The molecule has 1 saturated heterocycles. The van der Waals surface area contributed by atoms with E-state index in [1.54, 1.807) is 13.1 Å². The summed E-state index contributed by atoms with van der Waals surface area (Å²) in [4.78, 5) is 18.5. The average molecular weight is 278 g/mol. The lowest BCUT2D eigenvalue weighted by Crippen LogP contribution is -2.43. The van der Waals surface area contributed by atoms with Gasteiger partial charge >= 0.3 is 5.97 Å². The van der Waals surface area contributed by atoms with E-state index in [1.807, 2.05) is 0 Å². The third-order valence-corrected chi connectivity index (χ3v) is 3.40. The molecule has 17 heavy (non-hydrogen) atoms. The largest absolute Gasteiger partial charge is 0.462 e. The molecule has 0 unspecified atom stereocenters.